The molecule has 0 amide bonds. The summed E-state index contributed by atoms with van der Waals surface area (Å²) in [5.41, 5.74) is 2.00. The van der Waals surface area contributed by atoms with Gasteiger partial charge in [-0.3, -0.25) is 10.1 Å². The molecular formula is C17H16N2O5. The highest BCUT2D eigenvalue weighted by atomic mass is 16.6. The van der Waals surface area contributed by atoms with Gasteiger partial charge in [0, 0.05) is 11.6 Å². The van der Waals surface area contributed by atoms with Gasteiger partial charge < -0.3 is 14.9 Å². The van der Waals surface area contributed by atoms with E-state index in [0.29, 0.717) is 22.7 Å². The number of nitrogens with zero attached hydrogens (tertiary/aromatic N) is 2. The zero-order valence-corrected chi connectivity index (χ0v) is 13.0. The van der Waals surface area contributed by atoms with Crippen LogP contribution in [0.5, 0.6) is 17.2 Å². The van der Waals surface area contributed by atoms with E-state index in [2.05, 4.69) is 11.9 Å². The molecule has 0 aromatic heterocycles. The maximum Gasteiger partial charge on any atom is 0.315 e. The van der Waals surface area contributed by atoms with Gasteiger partial charge in [-0.1, -0.05) is 19.4 Å². The second kappa shape index (κ2) is 6.19. The number of nitro benzene ring substituents is 1. The average molecular weight is 328 g/mol. The highest BCUT2D eigenvalue weighted by Gasteiger charge is 2.23. The number of nitro groups is 1. The van der Waals surface area contributed by atoms with E-state index >= 15 is 0 Å². The van der Waals surface area contributed by atoms with Crippen molar-refractivity contribution in [2.45, 2.75) is 19.8 Å². The van der Waals surface area contributed by atoms with Crippen LogP contribution >= 0.6 is 0 Å². The van der Waals surface area contributed by atoms with Gasteiger partial charge in [0.1, 0.15) is 18.0 Å². The summed E-state index contributed by atoms with van der Waals surface area (Å²) in [6, 6.07) is 8.19. The van der Waals surface area contributed by atoms with Crippen LogP contribution in [-0.4, -0.2) is 27.5 Å². The number of phenolic OH excluding ortho intramolecular Hbond substituents is 2. The number of aromatic hydroxyl groups is 2. The Morgan fingerprint density at radius 3 is 2.79 bits per heavy atom. The zero-order chi connectivity index (χ0) is 17.3. The highest BCUT2D eigenvalue weighted by Crippen LogP contribution is 2.38. The van der Waals surface area contributed by atoms with Crippen LogP contribution in [0, 0.1) is 10.1 Å². The van der Waals surface area contributed by atoms with Gasteiger partial charge in [0.2, 0.25) is 5.75 Å². The van der Waals surface area contributed by atoms with Gasteiger partial charge in [0.25, 0.3) is 0 Å². The number of ether oxygens (including phenoxy) is 1. The molecule has 0 fully saturated rings. The van der Waals surface area contributed by atoms with Crippen molar-refractivity contribution in [3.63, 3.8) is 0 Å². The van der Waals surface area contributed by atoms with E-state index in [-0.39, 0.29) is 6.61 Å². The molecule has 1 aliphatic rings. The third kappa shape index (κ3) is 2.88. The lowest BCUT2D eigenvalue weighted by atomic mass is 10.1. The van der Waals surface area contributed by atoms with Crippen molar-refractivity contribution in [3.05, 3.63) is 51.6 Å². The Hall–Kier alpha value is -3.09. The first-order valence-electron chi connectivity index (χ1n) is 7.53. The smallest absolute Gasteiger partial charge is 0.315 e. The predicted octanol–water partition coefficient (Wildman–Crippen LogP) is 3.47. The number of phenols is 2. The standard InChI is InChI=1S/C17H16N2O5/c1-2-3-10-4-5-16-12(6-10)18-13(9-24-16)11-7-14(19(22)23)17(21)15(20)8-11/h4-8,20-21H,2-3,9H2,1H3. The van der Waals surface area contributed by atoms with Gasteiger partial charge in [-0.15, -0.1) is 0 Å². The van der Waals surface area contributed by atoms with E-state index in [0.717, 1.165) is 18.4 Å². The molecule has 24 heavy (non-hydrogen) atoms. The van der Waals surface area contributed by atoms with E-state index in [4.69, 9.17) is 4.74 Å². The van der Waals surface area contributed by atoms with Crippen molar-refractivity contribution in [1.29, 1.82) is 0 Å². The summed E-state index contributed by atoms with van der Waals surface area (Å²) in [6.07, 6.45) is 1.93. The molecule has 0 bridgehead atoms. The fourth-order valence-electron chi connectivity index (χ4n) is 2.60. The van der Waals surface area contributed by atoms with E-state index in [9.17, 15) is 20.3 Å². The van der Waals surface area contributed by atoms with Crippen molar-refractivity contribution in [2.24, 2.45) is 4.99 Å². The molecule has 7 nitrogen and oxygen atoms in total. The minimum atomic E-state index is -0.758. The van der Waals surface area contributed by atoms with E-state index < -0.39 is 22.1 Å². The number of benzene rings is 2. The van der Waals surface area contributed by atoms with Crippen LogP contribution in [-0.2, 0) is 6.42 Å². The lowest BCUT2D eigenvalue weighted by Gasteiger charge is -2.18. The van der Waals surface area contributed by atoms with Crippen LogP contribution in [0.1, 0.15) is 24.5 Å². The minimum Gasteiger partial charge on any atom is -0.504 e. The molecule has 2 N–H and O–H groups in total. The Balaban J connectivity index is 2.05. The first kappa shape index (κ1) is 15.8. The van der Waals surface area contributed by atoms with Gasteiger partial charge in [0.15, 0.2) is 5.75 Å². The third-order valence-electron chi connectivity index (χ3n) is 3.78. The number of hydrogen-bond donors (Lipinski definition) is 2. The molecule has 2 aromatic carbocycles. The lowest BCUT2D eigenvalue weighted by molar-refractivity contribution is -0.386. The van der Waals surface area contributed by atoms with Crippen molar-refractivity contribution in [1.82, 2.24) is 0 Å². The topological polar surface area (TPSA) is 105 Å². The summed E-state index contributed by atoms with van der Waals surface area (Å²) in [6.45, 7) is 2.21. The Labute approximate surface area is 138 Å². The zero-order valence-electron chi connectivity index (χ0n) is 13.0. The largest absolute Gasteiger partial charge is 0.504 e. The van der Waals surface area contributed by atoms with E-state index in [1.54, 1.807) is 0 Å². The first-order valence-corrected chi connectivity index (χ1v) is 7.53. The van der Waals surface area contributed by atoms with Crippen molar-refractivity contribution < 1.29 is 19.9 Å². The Bertz CT molecular complexity index is 845. The molecule has 0 radical (unpaired) electrons. The maximum atomic E-state index is 11.0. The van der Waals surface area contributed by atoms with Gasteiger partial charge in [-0.25, -0.2) is 4.99 Å². The summed E-state index contributed by atoms with van der Waals surface area (Å²) in [5, 5.41) is 30.3. The molecule has 0 saturated heterocycles. The SMILES string of the molecule is CCCc1ccc2c(c1)N=C(c1cc(O)c(O)c([N+](=O)[O-])c1)CO2. The quantitative estimate of drug-likeness (QED) is 0.508. The monoisotopic (exact) mass is 328 g/mol. The third-order valence-corrected chi connectivity index (χ3v) is 3.78. The molecule has 1 heterocycles. The van der Waals surface area contributed by atoms with E-state index in [1.807, 2.05) is 18.2 Å². The highest BCUT2D eigenvalue weighted by molar-refractivity contribution is 6.05. The second-order valence-corrected chi connectivity index (χ2v) is 5.52. The van der Waals surface area contributed by atoms with Gasteiger partial charge in [0.05, 0.1) is 10.6 Å². The number of rotatable bonds is 4. The summed E-state index contributed by atoms with van der Waals surface area (Å²) in [5.74, 6) is -0.671. The average Bonchev–Trinajstić information content (AvgIpc) is 2.56. The molecule has 0 atom stereocenters. The predicted molar refractivity (Wildman–Crippen MR) is 88.6 cm³/mol. The van der Waals surface area contributed by atoms with Crippen molar-refractivity contribution in [3.8, 4) is 17.2 Å². The van der Waals surface area contributed by atoms with Crippen LogP contribution < -0.4 is 4.74 Å². The summed E-state index contributed by atoms with van der Waals surface area (Å²) in [7, 11) is 0. The fourth-order valence-corrected chi connectivity index (χ4v) is 2.60. The lowest BCUT2D eigenvalue weighted by Crippen LogP contribution is -2.16. The van der Waals surface area contributed by atoms with E-state index in [1.165, 1.54) is 12.1 Å². The number of aryl methyl sites for hydroxylation is 1. The minimum absolute atomic E-state index is 0.126. The molecule has 2 aromatic rings. The van der Waals surface area contributed by atoms with Gasteiger partial charge >= 0.3 is 5.69 Å². The Morgan fingerprint density at radius 2 is 2.08 bits per heavy atom. The molecule has 3 rings (SSSR count). The maximum absolute atomic E-state index is 11.0. The molecule has 0 spiro atoms. The molecule has 7 heteroatoms. The molecule has 0 saturated carbocycles. The molecule has 124 valence electrons. The van der Waals surface area contributed by atoms with Gasteiger partial charge in [-0.2, -0.15) is 0 Å². The molecule has 0 aliphatic carbocycles. The summed E-state index contributed by atoms with van der Waals surface area (Å²) in [4.78, 5) is 14.7. The van der Waals surface area contributed by atoms with Gasteiger partial charge in [-0.05, 0) is 30.2 Å². The fraction of sp³-hybridized carbons (Fsp3) is 0.235. The van der Waals surface area contributed by atoms with Crippen molar-refractivity contribution >= 4 is 17.1 Å². The first-order chi connectivity index (χ1) is 11.5. The second-order valence-electron chi connectivity index (χ2n) is 5.52. The van der Waals surface area contributed by atoms with Crippen LogP contribution in [0.3, 0.4) is 0 Å². The number of fused-ring (bicyclic) bond motifs is 1. The van der Waals surface area contributed by atoms with Crippen LogP contribution in [0.2, 0.25) is 0 Å². The number of aliphatic imine (C=N–C) groups is 1. The van der Waals surface area contributed by atoms with Crippen LogP contribution in [0.4, 0.5) is 11.4 Å². The Morgan fingerprint density at radius 1 is 1.29 bits per heavy atom. The number of hydrogen-bond acceptors (Lipinski definition) is 6. The van der Waals surface area contributed by atoms with Crippen LogP contribution in [0.25, 0.3) is 0 Å². The van der Waals surface area contributed by atoms with Crippen molar-refractivity contribution in [2.75, 3.05) is 6.61 Å². The normalized spacial score (nSPS) is 13.0. The summed E-state index contributed by atoms with van der Waals surface area (Å²) >= 11 is 0. The summed E-state index contributed by atoms with van der Waals surface area (Å²) < 4.78 is 5.65. The molecule has 1 aliphatic heterocycles. The molecular weight excluding hydrogens is 312 g/mol. The molecule has 0 unspecified atom stereocenters. The Kier molecular flexibility index (Phi) is 4.07. The van der Waals surface area contributed by atoms with Crippen LogP contribution in [0.15, 0.2) is 35.3 Å².